The van der Waals surface area contributed by atoms with Crippen LogP contribution in [0.2, 0.25) is 0 Å². The van der Waals surface area contributed by atoms with Crippen LogP contribution in [0.25, 0.3) is 75.2 Å². The lowest BCUT2D eigenvalue weighted by atomic mass is 9.90. The number of hydrogen-bond donors (Lipinski definition) is 0. The summed E-state index contributed by atoms with van der Waals surface area (Å²) in [6.07, 6.45) is 7.31. The Balaban J connectivity index is 0.000000141. The van der Waals surface area contributed by atoms with E-state index in [0.717, 1.165) is 5.92 Å². The molecule has 0 N–H and O–H groups in total. The van der Waals surface area contributed by atoms with Crippen LogP contribution in [0.3, 0.4) is 0 Å². The number of aryl methyl sites for hydroxylation is 19. The summed E-state index contributed by atoms with van der Waals surface area (Å²) < 4.78 is 23.9. The molecular formula is C91H118S16. The molecular weight excluding hydrogens is 1610 g/mol. The summed E-state index contributed by atoms with van der Waals surface area (Å²) in [6.45, 7) is 72.1. The second-order valence-electron chi connectivity index (χ2n) is 33.2. The minimum absolute atomic E-state index is 0.293. The maximum absolute atomic E-state index is 2.32. The van der Waals surface area contributed by atoms with Crippen molar-refractivity contribution in [3.63, 3.8) is 0 Å². The second-order valence-corrected chi connectivity index (χ2v) is 52.3. The monoisotopic (exact) mass is 1720 g/mol. The van der Waals surface area contributed by atoms with Gasteiger partial charge >= 0.3 is 0 Å². The molecule has 16 heteroatoms. The lowest BCUT2D eigenvalue weighted by molar-refractivity contribution is 0.413. The SMILES string of the molecule is CCCc1sc2cc(C)sc2c1C.CCc1sc2cc(C)sc2c1C.Cc1cc2sc(C(C)(C)C)c(C)c2s1.Cc1cc2sc(C(C)C)c(C)c2s1.Cc1cc2sc(C)c(C)c2s1.Cc1cc2sc(CC(C)(C)C)c(C)c2s1.Cc1cc2sc(CC(C)(C)C)c(C)c2s1.Cc1cc2sc(CC(C)C)c(C)c2s1. The smallest absolute Gasteiger partial charge is 0.0485 e. The van der Waals surface area contributed by atoms with Crippen LogP contribution < -0.4 is 0 Å². The molecule has 0 aliphatic rings. The van der Waals surface area contributed by atoms with Crippen LogP contribution in [-0.2, 0) is 37.5 Å². The van der Waals surface area contributed by atoms with E-state index < -0.39 is 0 Å². The van der Waals surface area contributed by atoms with Gasteiger partial charge in [-0.2, -0.15) is 0 Å². The Kier molecular flexibility index (Phi) is 30.4. The number of fused-ring (bicyclic) bond motifs is 8. The molecule has 0 aliphatic heterocycles. The molecule has 0 bridgehead atoms. The molecule has 0 aromatic carbocycles. The molecule has 0 fully saturated rings. The van der Waals surface area contributed by atoms with Crippen molar-refractivity contribution in [1.29, 1.82) is 0 Å². The molecule has 0 saturated heterocycles. The first-order chi connectivity index (χ1) is 49.9. The first-order valence-corrected chi connectivity index (χ1v) is 50.9. The Morgan fingerprint density at radius 1 is 0.280 bits per heavy atom. The molecule has 0 radical (unpaired) electrons. The highest BCUT2D eigenvalue weighted by Crippen LogP contribution is 2.47. The van der Waals surface area contributed by atoms with Crippen LogP contribution in [0.5, 0.6) is 0 Å². The van der Waals surface area contributed by atoms with Gasteiger partial charge in [0.1, 0.15) is 0 Å². The number of thiophene rings is 16. The lowest BCUT2D eigenvalue weighted by Gasteiger charge is -2.17. The van der Waals surface area contributed by atoms with E-state index in [-0.39, 0.29) is 0 Å². The van der Waals surface area contributed by atoms with E-state index in [1.54, 1.807) is 34.1 Å². The summed E-state index contributed by atoms with van der Waals surface area (Å²) in [7, 11) is 0. The van der Waals surface area contributed by atoms with Crippen LogP contribution in [0.1, 0.15) is 239 Å². The normalized spacial score (nSPS) is 11.9. The maximum atomic E-state index is 2.32. The summed E-state index contributed by atoms with van der Waals surface area (Å²) in [6, 6.07) is 18.5. The lowest BCUT2D eigenvalue weighted by Crippen LogP contribution is -2.09. The van der Waals surface area contributed by atoms with Gasteiger partial charge in [-0.15, -0.1) is 181 Å². The summed E-state index contributed by atoms with van der Waals surface area (Å²) in [5, 5.41) is 0. The molecule has 0 atom stereocenters. The van der Waals surface area contributed by atoms with Crippen LogP contribution in [0.4, 0.5) is 0 Å². The van der Waals surface area contributed by atoms with Gasteiger partial charge in [0.2, 0.25) is 0 Å². The van der Waals surface area contributed by atoms with E-state index in [1.807, 2.05) is 181 Å². The molecule has 0 spiro atoms. The third-order valence-electron chi connectivity index (χ3n) is 18.5. The molecule has 0 unspecified atom stereocenters. The van der Waals surface area contributed by atoms with E-state index in [0.29, 0.717) is 22.2 Å². The zero-order valence-electron chi connectivity index (χ0n) is 70.0. The molecule has 578 valence electrons. The largest absolute Gasteiger partial charge is 0.139 e. The molecule has 0 aliphatic carbocycles. The molecule has 0 amide bonds. The highest BCUT2D eigenvalue weighted by atomic mass is 32.2. The van der Waals surface area contributed by atoms with Gasteiger partial charge in [-0.1, -0.05) is 110 Å². The Bertz CT molecular complexity index is 5500. The Morgan fingerprint density at radius 2 is 0.551 bits per heavy atom. The number of rotatable bonds is 8. The Morgan fingerprint density at radius 3 is 0.841 bits per heavy atom. The fourth-order valence-corrected chi connectivity index (χ4v) is 34.2. The summed E-state index contributed by atoms with van der Waals surface area (Å²) in [5.74, 6) is 1.44. The van der Waals surface area contributed by atoms with E-state index >= 15 is 0 Å². The minimum Gasteiger partial charge on any atom is -0.139 e. The van der Waals surface area contributed by atoms with Gasteiger partial charge in [-0.3, -0.25) is 0 Å². The van der Waals surface area contributed by atoms with Crippen molar-refractivity contribution in [3.8, 4) is 0 Å². The zero-order valence-corrected chi connectivity index (χ0v) is 83.1. The third kappa shape index (κ3) is 22.2. The van der Waals surface area contributed by atoms with Crippen LogP contribution in [0.15, 0.2) is 48.5 Å². The molecule has 16 aromatic rings. The Hall–Kier alpha value is -2.72. The summed E-state index contributed by atoms with van der Waals surface area (Å²) in [5.41, 5.74) is 13.2. The zero-order chi connectivity index (χ0) is 79.0. The van der Waals surface area contributed by atoms with Crippen molar-refractivity contribution in [2.24, 2.45) is 16.7 Å². The van der Waals surface area contributed by atoms with Gasteiger partial charge < -0.3 is 0 Å². The fourth-order valence-electron chi connectivity index (χ4n) is 13.2. The topological polar surface area (TPSA) is 0 Å². The van der Waals surface area contributed by atoms with Crippen molar-refractivity contribution in [3.05, 3.63) is 171 Å². The van der Waals surface area contributed by atoms with Gasteiger partial charge in [0.15, 0.2) is 0 Å². The van der Waals surface area contributed by atoms with E-state index in [4.69, 9.17) is 0 Å². The molecule has 0 nitrogen and oxygen atoms in total. The molecule has 16 aromatic heterocycles. The standard InChI is InChI=1S/2C13H18S2.2C12H16S2.2C11H14S2.C10H12S2.C9H10S2/c2*1-8-6-10-12(14-8)9(2)11(15-10)7-13(3,4)5;1-7-6-9-10(13-7)8(2)11(14-9)12(3,4)5;1-7(2)5-10-9(4)12-11(14-10)6-8(3)13-12;1-6(2)10-8(4)11-9(13-10)5-7(3)12-11;1-4-5-9-8(3)11-10(13-9)6-7(2)12-11;1-4-8-7(3)10-9(12-8)5-6(2)11-10;1-5-4-8-9(10-5)6(2)7(3)11-8/h2*6H,7H2,1-5H3;6H,1-5H3;6-7H,5H2,1-4H3;5-6H,1-4H3;6H,4-5H2,1-3H3;5H,4H2,1-3H3;4H,1-3H3. The van der Waals surface area contributed by atoms with Gasteiger partial charge in [0.05, 0.1) is 0 Å². The average molecular weight is 1730 g/mol. The third-order valence-corrected chi connectivity index (χ3v) is 39.6. The van der Waals surface area contributed by atoms with E-state index in [9.17, 15) is 0 Å². The first kappa shape index (κ1) is 88.2. The summed E-state index contributed by atoms with van der Waals surface area (Å²) >= 11 is 31.2. The van der Waals surface area contributed by atoms with Crippen molar-refractivity contribution in [2.75, 3.05) is 0 Å². The predicted octanol–water partition coefficient (Wildman–Crippen LogP) is 37.3. The predicted molar refractivity (Wildman–Crippen MR) is 519 cm³/mol. The van der Waals surface area contributed by atoms with Crippen molar-refractivity contribution in [1.82, 2.24) is 0 Å². The molecule has 16 heterocycles. The van der Waals surface area contributed by atoms with E-state index in [2.05, 4.69) is 270 Å². The van der Waals surface area contributed by atoms with Crippen LogP contribution >= 0.6 is 181 Å². The second kappa shape index (κ2) is 36.8. The maximum Gasteiger partial charge on any atom is 0.0485 e. The first-order valence-electron chi connectivity index (χ1n) is 37.8. The fraction of sp³-hybridized carbons (Fsp3) is 0.473. The van der Waals surface area contributed by atoms with E-state index in [1.165, 1.54) is 202 Å². The van der Waals surface area contributed by atoms with Gasteiger partial charge in [0.25, 0.3) is 0 Å². The quantitative estimate of drug-likeness (QED) is 0.142. The highest BCUT2D eigenvalue weighted by Gasteiger charge is 2.24. The average Bonchev–Trinajstić information content (AvgIpc) is 1.64. The minimum atomic E-state index is 0.293. The van der Waals surface area contributed by atoms with Crippen LogP contribution in [-0.4, -0.2) is 0 Å². The molecule has 16 rings (SSSR count). The van der Waals surface area contributed by atoms with Gasteiger partial charge in [-0.25, -0.2) is 0 Å². The van der Waals surface area contributed by atoms with Gasteiger partial charge in [-0.05, 0) is 271 Å². The van der Waals surface area contributed by atoms with Crippen molar-refractivity contribution in [2.45, 2.75) is 271 Å². The molecule has 0 saturated carbocycles. The van der Waals surface area contributed by atoms with Crippen LogP contribution in [0, 0.1) is 134 Å². The number of hydrogen-bond acceptors (Lipinski definition) is 16. The Labute approximate surface area is 707 Å². The van der Waals surface area contributed by atoms with Gasteiger partial charge in [0, 0.05) is 153 Å². The van der Waals surface area contributed by atoms with Crippen molar-refractivity contribution < 1.29 is 0 Å². The molecule has 107 heavy (non-hydrogen) atoms. The van der Waals surface area contributed by atoms with Crippen molar-refractivity contribution >= 4 is 257 Å². The summed E-state index contributed by atoms with van der Waals surface area (Å²) in [4.78, 5) is 23.9. The highest BCUT2D eigenvalue weighted by molar-refractivity contribution is 7.32.